The number of rotatable bonds is 3. The standard InChI is InChI=1S/C14H18OSe/c1-16-14(11-7-3-2-4-8-11)12-9-5-6-10-13(12)15/h2-4,7-8,12,14H,5-6,9-10H2,1H3. The molecule has 1 saturated carbocycles. The molecule has 0 saturated heterocycles. The van der Waals surface area contributed by atoms with Crippen LogP contribution in [0.3, 0.4) is 0 Å². The third kappa shape index (κ3) is 2.56. The molecule has 1 aliphatic rings. The number of hydrogen-bond acceptors (Lipinski definition) is 1. The first-order valence-electron chi connectivity index (χ1n) is 5.93. The van der Waals surface area contributed by atoms with Crippen LogP contribution in [0.2, 0.25) is 5.82 Å². The van der Waals surface area contributed by atoms with Crippen LogP contribution in [0.4, 0.5) is 0 Å². The summed E-state index contributed by atoms with van der Waals surface area (Å²) in [4.78, 5) is 12.5. The Bertz CT molecular complexity index is 347. The Hall–Kier alpha value is -0.591. The maximum atomic E-state index is 12.0. The number of carbonyl (C=O) groups excluding carboxylic acids is 1. The fourth-order valence-electron chi connectivity index (χ4n) is 2.51. The second-order valence-corrected chi connectivity index (χ2v) is 6.44. The van der Waals surface area contributed by atoms with E-state index in [1.165, 1.54) is 12.0 Å². The number of benzene rings is 1. The van der Waals surface area contributed by atoms with Crippen LogP contribution in [-0.4, -0.2) is 20.7 Å². The summed E-state index contributed by atoms with van der Waals surface area (Å²) < 4.78 is 0. The summed E-state index contributed by atoms with van der Waals surface area (Å²) >= 11 is 0.513. The Labute approximate surface area is 104 Å². The summed E-state index contributed by atoms with van der Waals surface area (Å²) in [7, 11) is 0. The van der Waals surface area contributed by atoms with Crippen molar-refractivity contribution >= 4 is 20.7 Å². The maximum absolute atomic E-state index is 12.0. The number of ketones is 1. The summed E-state index contributed by atoms with van der Waals surface area (Å²) in [6, 6.07) is 10.6. The van der Waals surface area contributed by atoms with E-state index in [9.17, 15) is 4.79 Å². The molecule has 86 valence electrons. The second-order valence-electron chi connectivity index (χ2n) is 4.39. The van der Waals surface area contributed by atoms with Crippen molar-refractivity contribution in [3.8, 4) is 0 Å². The Morgan fingerprint density at radius 1 is 1.25 bits per heavy atom. The summed E-state index contributed by atoms with van der Waals surface area (Å²) in [5, 5.41) is 0. The van der Waals surface area contributed by atoms with Gasteiger partial charge in [-0.15, -0.1) is 0 Å². The second kappa shape index (κ2) is 5.65. The summed E-state index contributed by atoms with van der Waals surface area (Å²) in [6.07, 6.45) is 4.25. The molecule has 2 heteroatoms. The fraction of sp³-hybridized carbons (Fsp3) is 0.500. The van der Waals surface area contributed by atoms with E-state index in [4.69, 9.17) is 0 Å². The van der Waals surface area contributed by atoms with Crippen molar-refractivity contribution in [1.82, 2.24) is 0 Å². The first-order chi connectivity index (χ1) is 7.83. The van der Waals surface area contributed by atoms with E-state index in [0.717, 1.165) is 19.3 Å². The molecule has 1 aromatic carbocycles. The molecule has 16 heavy (non-hydrogen) atoms. The van der Waals surface area contributed by atoms with Crippen molar-refractivity contribution in [2.75, 3.05) is 0 Å². The van der Waals surface area contributed by atoms with Gasteiger partial charge in [0.25, 0.3) is 0 Å². The van der Waals surface area contributed by atoms with Crippen LogP contribution in [-0.2, 0) is 4.79 Å². The van der Waals surface area contributed by atoms with Crippen molar-refractivity contribution < 1.29 is 4.79 Å². The van der Waals surface area contributed by atoms with E-state index in [2.05, 4.69) is 30.1 Å². The van der Waals surface area contributed by atoms with E-state index in [0.29, 0.717) is 31.5 Å². The van der Waals surface area contributed by atoms with E-state index in [1.807, 2.05) is 6.07 Å². The molecule has 0 aromatic heterocycles. The monoisotopic (exact) mass is 282 g/mol. The molecule has 2 unspecified atom stereocenters. The average molecular weight is 281 g/mol. The molecule has 0 amide bonds. The van der Waals surface area contributed by atoms with Crippen LogP contribution in [0, 0.1) is 5.92 Å². The van der Waals surface area contributed by atoms with E-state index >= 15 is 0 Å². The van der Waals surface area contributed by atoms with E-state index in [1.54, 1.807) is 0 Å². The summed E-state index contributed by atoms with van der Waals surface area (Å²) in [5.41, 5.74) is 1.37. The van der Waals surface area contributed by atoms with Gasteiger partial charge in [0.15, 0.2) is 0 Å². The molecule has 1 aliphatic carbocycles. The van der Waals surface area contributed by atoms with Gasteiger partial charge in [0, 0.05) is 0 Å². The van der Waals surface area contributed by atoms with Crippen molar-refractivity contribution in [1.29, 1.82) is 0 Å². The van der Waals surface area contributed by atoms with Gasteiger partial charge in [-0.3, -0.25) is 0 Å². The van der Waals surface area contributed by atoms with Gasteiger partial charge in [0.2, 0.25) is 0 Å². The molecule has 0 heterocycles. The fourth-order valence-corrected chi connectivity index (χ4v) is 4.70. The van der Waals surface area contributed by atoms with Crippen molar-refractivity contribution in [3.05, 3.63) is 35.9 Å². The average Bonchev–Trinajstić information content (AvgIpc) is 2.34. The Balaban J connectivity index is 2.18. The van der Waals surface area contributed by atoms with Gasteiger partial charge < -0.3 is 0 Å². The zero-order valence-corrected chi connectivity index (χ0v) is 11.4. The predicted molar refractivity (Wildman–Crippen MR) is 67.8 cm³/mol. The molecule has 1 nitrogen and oxygen atoms in total. The van der Waals surface area contributed by atoms with E-state index < -0.39 is 0 Å². The first kappa shape index (κ1) is 11.9. The molecule has 0 N–H and O–H groups in total. The van der Waals surface area contributed by atoms with Gasteiger partial charge in [-0.2, -0.15) is 0 Å². The number of carbonyl (C=O) groups is 1. The molecule has 2 atom stereocenters. The molecular weight excluding hydrogens is 263 g/mol. The Morgan fingerprint density at radius 2 is 2.00 bits per heavy atom. The van der Waals surface area contributed by atoms with Gasteiger partial charge in [0.1, 0.15) is 0 Å². The van der Waals surface area contributed by atoms with Gasteiger partial charge in [-0.25, -0.2) is 0 Å². The topological polar surface area (TPSA) is 17.1 Å². The molecule has 2 rings (SSSR count). The molecule has 0 radical (unpaired) electrons. The van der Waals surface area contributed by atoms with Crippen LogP contribution in [0.1, 0.15) is 36.1 Å². The normalized spacial score (nSPS) is 23.1. The summed E-state index contributed by atoms with van der Waals surface area (Å²) in [6.45, 7) is 0. The quantitative estimate of drug-likeness (QED) is 0.777. The Morgan fingerprint density at radius 3 is 2.62 bits per heavy atom. The van der Waals surface area contributed by atoms with Crippen LogP contribution in [0.5, 0.6) is 0 Å². The van der Waals surface area contributed by atoms with Gasteiger partial charge in [0.05, 0.1) is 0 Å². The van der Waals surface area contributed by atoms with Crippen molar-refractivity contribution in [2.24, 2.45) is 5.92 Å². The Kier molecular flexibility index (Phi) is 4.20. The van der Waals surface area contributed by atoms with E-state index in [-0.39, 0.29) is 0 Å². The molecule has 1 aromatic rings. The molecule has 0 spiro atoms. The zero-order valence-electron chi connectivity index (χ0n) is 9.69. The van der Waals surface area contributed by atoms with Gasteiger partial charge in [-0.1, -0.05) is 0 Å². The number of Topliss-reactive ketones (excluding diaryl/α,β-unsaturated/α-hetero) is 1. The van der Waals surface area contributed by atoms with Crippen LogP contribution >= 0.6 is 0 Å². The van der Waals surface area contributed by atoms with Gasteiger partial charge in [-0.05, 0) is 0 Å². The minimum atomic E-state index is 0.307. The third-order valence-corrected chi connectivity index (χ3v) is 5.68. The molecule has 0 bridgehead atoms. The SMILES string of the molecule is C[Se]C(c1ccccc1)C1CCCCC1=O. The number of hydrogen-bond donors (Lipinski definition) is 0. The van der Waals surface area contributed by atoms with Crippen LogP contribution in [0.25, 0.3) is 0 Å². The zero-order chi connectivity index (χ0) is 11.4. The van der Waals surface area contributed by atoms with Crippen LogP contribution < -0.4 is 0 Å². The summed E-state index contributed by atoms with van der Waals surface area (Å²) in [5.74, 6) is 3.07. The third-order valence-electron chi connectivity index (χ3n) is 3.35. The first-order valence-corrected chi connectivity index (χ1v) is 8.63. The van der Waals surface area contributed by atoms with Gasteiger partial charge >= 0.3 is 104 Å². The molecule has 0 aliphatic heterocycles. The molecule has 1 fully saturated rings. The van der Waals surface area contributed by atoms with Crippen molar-refractivity contribution in [2.45, 2.75) is 36.3 Å². The molecular formula is C14H18OSe. The minimum absolute atomic E-state index is 0.307. The van der Waals surface area contributed by atoms with Crippen LogP contribution in [0.15, 0.2) is 30.3 Å². The van der Waals surface area contributed by atoms with Crippen molar-refractivity contribution in [3.63, 3.8) is 0 Å². The predicted octanol–water partition coefficient (Wildman–Crippen LogP) is 3.24.